The van der Waals surface area contributed by atoms with E-state index in [1.54, 1.807) is 6.92 Å². The standard InChI is InChI=1S/C12H17N3O4S/c1-6(16)9-7-4-8(20-3-2-14-5-13)10(12(18)19)15(7)11(9)17/h5-7,9,16H,2-4H2,1H3,(H2,13,14)(H,18,19)/t6-,7?,9-/m1/s1. The number of carboxylic acids is 1. The van der Waals surface area contributed by atoms with Crippen molar-refractivity contribution in [2.24, 2.45) is 16.6 Å². The average molecular weight is 299 g/mol. The molecule has 1 amide bonds. The number of thioether (sulfide) groups is 1. The first-order chi connectivity index (χ1) is 9.49. The summed E-state index contributed by atoms with van der Waals surface area (Å²) in [6.07, 6.45) is 0.937. The molecule has 20 heavy (non-hydrogen) atoms. The van der Waals surface area contributed by atoms with Crippen LogP contribution in [0.5, 0.6) is 0 Å². The topological polar surface area (TPSA) is 116 Å². The number of aliphatic hydroxyl groups is 1. The Balaban J connectivity index is 2.11. The fourth-order valence-electron chi connectivity index (χ4n) is 2.66. The Labute approximate surface area is 120 Å². The number of amides is 1. The highest BCUT2D eigenvalue weighted by atomic mass is 32.2. The van der Waals surface area contributed by atoms with E-state index in [-0.39, 0.29) is 17.6 Å². The van der Waals surface area contributed by atoms with Crippen LogP contribution in [-0.4, -0.2) is 57.8 Å². The van der Waals surface area contributed by atoms with Crippen molar-refractivity contribution >= 4 is 30.0 Å². The minimum Gasteiger partial charge on any atom is -0.477 e. The third-order valence-corrected chi connectivity index (χ3v) is 4.59. The van der Waals surface area contributed by atoms with Gasteiger partial charge >= 0.3 is 5.97 Å². The monoisotopic (exact) mass is 299 g/mol. The predicted octanol–water partition coefficient (Wildman–Crippen LogP) is -0.386. The molecule has 2 aliphatic heterocycles. The first kappa shape index (κ1) is 14.9. The van der Waals surface area contributed by atoms with Crippen LogP contribution in [0.25, 0.3) is 0 Å². The fraction of sp³-hybridized carbons (Fsp3) is 0.583. The number of nitrogens with two attached hydrogens (primary N) is 1. The van der Waals surface area contributed by atoms with Crippen LogP contribution >= 0.6 is 11.8 Å². The van der Waals surface area contributed by atoms with E-state index >= 15 is 0 Å². The number of aliphatic imine (C=N–C) groups is 1. The molecule has 0 aliphatic carbocycles. The lowest BCUT2D eigenvalue weighted by Crippen LogP contribution is -2.61. The molecule has 2 rings (SSSR count). The summed E-state index contributed by atoms with van der Waals surface area (Å²) < 4.78 is 0. The number of rotatable bonds is 6. The van der Waals surface area contributed by atoms with E-state index in [2.05, 4.69) is 4.99 Å². The van der Waals surface area contributed by atoms with Crippen molar-refractivity contribution in [3.05, 3.63) is 10.6 Å². The molecule has 0 saturated carbocycles. The second-order valence-corrected chi connectivity index (χ2v) is 5.92. The van der Waals surface area contributed by atoms with Gasteiger partial charge in [-0.05, 0) is 6.92 Å². The van der Waals surface area contributed by atoms with Crippen molar-refractivity contribution in [1.82, 2.24) is 4.90 Å². The number of hydrogen-bond donors (Lipinski definition) is 3. The highest BCUT2D eigenvalue weighted by molar-refractivity contribution is 8.03. The molecule has 2 aliphatic rings. The van der Waals surface area contributed by atoms with E-state index in [0.29, 0.717) is 23.6 Å². The number of carbonyl (C=O) groups is 2. The minimum atomic E-state index is -1.10. The van der Waals surface area contributed by atoms with Gasteiger partial charge < -0.3 is 20.8 Å². The van der Waals surface area contributed by atoms with E-state index < -0.39 is 18.0 Å². The molecule has 0 aromatic rings. The summed E-state index contributed by atoms with van der Waals surface area (Å²) in [5.74, 6) is -1.30. The molecule has 1 fully saturated rings. The van der Waals surface area contributed by atoms with Crippen LogP contribution in [0.3, 0.4) is 0 Å². The molecule has 3 atom stereocenters. The van der Waals surface area contributed by atoms with E-state index in [4.69, 9.17) is 5.73 Å². The van der Waals surface area contributed by atoms with Gasteiger partial charge in [0.1, 0.15) is 5.70 Å². The lowest BCUT2D eigenvalue weighted by Gasteiger charge is -2.44. The second-order valence-electron chi connectivity index (χ2n) is 4.73. The van der Waals surface area contributed by atoms with Crippen molar-refractivity contribution in [2.75, 3.05) is 12.3 Å². The summed E-state index contributed by atoms with van der Waals surface area (Å²) >= 11 is 1.38. The minimum absolute atomic E-state index is 0.0543. The number of fused-ring (bicyclic) bond motifs is 1. The Hall–Kier alpha value is -1.54. The maximum Gasteiger partial charge on any atom is 0.353 e. The highest BCUT2D eigenvalue weighted by Gasteiger charge is 2.56. The van der Waals surface area contributed by atoms with Gasteiger partial charge in [-0.3, -0.25) is 9.79 Å². The third-order valence-electron chi connectivity index (χ3n) is 3.49. The van der Waals surface area contributed by atoms with Gasteiger partial charge in [-0.2, -0.15) is 0 Å². The summed E-state index contributed by atoms with van der Waals surface area (Å²) in [6.45, 7) is 2.05. The molecule has 7 nitrogen and oxygen atoms in total. The maximum atomic E-state index is 11.9. The molecule has 4 N–H and O–H groups in total. The van der Waals surface area contributed by atoms with Gasteiger partial charge in [0, 0.05) is 17.1 Å². The Morgan fingerprint density at radius 2 is 2.40 bits per heavy atom. The Morgan fingerprint density at radius 1 is 1.70 bits per heavy atom. The van der Waals surface area contributed by atoms with Crippen molar-refractivity contribution in [3.63, 3.8) is 0 Å². The van der Waals surface area contributed by atoms with Gasteiger partial charge in [-0.15, -0.1) is 11.8 Å². The summed E-state index contributed by atoms with van der Waals surface area (Å²) in [4.78, 5) is 29.1. The number of aliphatic hydroxyl groups excluding tert-OH is 1. The van der Waals surface area contributed by atoms with Gasteiger partial charge in [0.15, 0.2) is 0 Å². The SMILES string of the molecule is C[C@@H](O)[C@H]1C(=O)N2C(C(=O)O)=C(SCCN=CN)CC12. The van der Waals surface area contributed by atoms with Crippen LogP contribution in [0, 0.1) is 5.92 Å². The number of carbonyl (C=O) groups excluding carboxylic acids is 1. The molecule has 1 saturated heterocycles. The number of aliphatic carboxylic acids is 1. The Kier molecular flexibility index (Phi) is 4.34. The quantitative estimate of drug-likeness (QED) is 0.266. The average Bonchev–Trinajstić information content (AvgIpc) is 2.69. The van der Waals surface area contributed by atoms with E-state index in [0.717, 1.165) is 0 Å². The molecule has 0 aromatic carbocycles. The third kappa shape index (κ3) is 2.40. The van der Waals surface area contributed by atoms with Crippen LogP contribution in [-0.2, 0) is 9.59 Å². The van der Waals surface area contributed by atoms with Crippen LogP contribution in [0.4, 0.5) is 0 Å². The Bertz CT molecular complexity index is 489. The fourth-order valence-corrected chi connectivity index (χ4v) is 3.71. The van der Waals surface area contributed by atoms with Crippen molar-refractivity contribution in [1.29, 1.82) is 0 Å². The second kappa shape index (κ2) is 5.84. The molecular formula is C12H17N3O4S. The van der Waals surface area contributed by atoms with Crippen molar-refractivity contribution in [3.8, 4) is 0 Å². The lowest BCUT2D eigenvalue weighted by atomic mass is 9.83. The smallest absolute Gasteiger partial charge is 0.353 e. The first-order valence-corrected chi connectivity index (χ1v) is 7.28. The maximum absolute atomic E-state index is 11.9. The molecule has 0 bridgehead atoms. The highest BCUT2D eigenvalue weighted by Crippen LogP contribution is 2.46. The summed E-state index contributed by atoms with van der Waals surface area (Å²) in [7, 11) is 0. The van der Waals surface area contributed by atoms with Gasteiger partial charge in [0.05, 0.1) is 30.9 Å². The van der Waals surface area contributed by atoms with Crippen LogP contribution in [0.2, 0.25) is 0 Å². The van der Waals surface area contributed by atoms with Crippen LogP contribution in [0.1, 0.15) is 13.3 Å². The molecule has 8 heteroatoms. The van der Waals surface area contributed by atoms with Gasteiger partial charge in [0.2, 0.25) is 5.91 Å². The largest absolute Gasteiger partial charge is 0.477 e. The van der Waals surface area contributed by atoms with Gasteiger partial charge in [0.25, 0.3) is 0 Å². The number of nitrogens with zero attached hydrogens (tertiary/aromatic N) is 2. The molecule has 0 aromatic heterocycles. The molecule has 0 spiro atoms. The molecule has 0 radical (unpaired) electrons. The van der Waals surface area contributed by atoms with Crippen LogP contribution in [0.15, 0.2) is 15.6 Å². The molecular weight excluding hydrogens is 282 g/mol. The zero-order valence-corrected chi connectivity index (χ0v) is 11.8. The summed E-state index contributed by atoms with van der Waals surface area (Å²) in [6, 6.07) is -0.228. The zero-order valence-electron chi connectivity index (χ0n) is 11.0. The van der Waals surface area contributed by atoms with Gasteiger partial charge in [-0.1, -0.05) is 0 Å². The Morgan fingerprint density at radius 3 is 2.95 bits per heavy atom. The predicted molar refractivity (Wildman–Crippen MR) is 75.1 cm³/mol. The van der Waals surface area contributed by atoms with E-state index in [1.807, 2.05) is 0 Å². The lowest BCUT2D eigenvalue weighted by molar-refractivity contribution is -0.161. The number of carboxylic acid groups (broad SMARTS) is 1. The molecule has 110 valence electrons. The van der Waals surface area contributed by atoms with E-state index in [9.17, 15) is 19.8 Å². The van der Waals surface area contributed by atoms with Crippen molar-refractivity contribution < 1.29 is 19.8 Å². The van der Waals surface area contributed by atoms with Crippen molar-refractivity contribution in [2.45, 2.75) is 25.5 Å². The normalized spacial score (nSPS) is 26.9. The van der Waals surface area contributed by atoms with Gasteiger partial charge in [-0.25, -0.2) is 4.79 Å². The van der Waals surface area contributed by atoms with Crippen LogP contribution < -0.4 is 5.73 Å². The zero-order chi connectivity index (χ0) is 14.9. The molecule has 1 unspecified atom stereocenters. The number of hydrogen-bond acceptors (Lipinski definition) is 5. The number of β-lactam (4-membered cyclic amide) rings is 1. The van der Waals surface area contributed by atoms with E-state index in [1.165, 1.54) is 23.0 Å². The summed E-state index contributed by atoms with van der Waals surface area (Å²) in [5, 5.41) is 18.9. The first-order valence-electron chi connectivity index (χ1n) is 6.29. The molecule has 2 heterocycles. The summed E-state index contributed by atoms with van der Waals surface area (Å²) in [5.41, 5.74) is 5.19.